The Morgan fingerprint density at radius 1 is 1.75 bits per heavy atom. The molecule has 0 unspecified atom stereocenters. The lowest BCUT2D eigenvalue weighted by molar-refractivity contribution is 0.418. The van der Waals surface area contributed by atoms with Gasteiger partial charge in [-0.05, 0) is 6.92 Å². The van der Waals surface area contributed by atoms with Crippen molar-refractivity contribution >= 4 is 18.1 Å². The van der Waals surface area contributed by atoms with Crippen LogP contribution in [0.3, 0.4) is 0 Å². The van der Waals surface area contributed by atoms with Gasteiger partial charge in [0, 0.05) is 6.54 Å². The summed E-state index contributed by atoms with van der Waals surface area (Å²) in [5.41, 5.74) is 6.19. The summed E-state index contributed by atoms with van der Waals surface area (Å²) in [4.78, 5) is 4.00. The van der Waals surface area contributed by atoms with Gasteiger partial charge in [-0.3, -0.25) is 4.99 Å². The number of nitrogens with two attached hydrogens (primary N) is 1. The molecule has 0 spiro atoms. The molecule has 1 aromatic heterocycles. The van der Waals surface area contributed by atoms with E-state index in [4.69, 9.17) is 10.3 Å². The molecule has 64 valence electrons. The van der Waals surface area contributed by atoms with Crippen molar-refractivity contribution in [1.82, 2.24) is 5.16 Å². The van der Waals surface area contributed by atoms with Gasteiger partial charge in [0.25, 0.3) is 0 Å². The highest BCUT2D eigenvalue weighted by molar-refractivity contribution is 5.84. The largest absolute Gasteiger partial charge is 0.380 e. The van der Waals surface area contributed by atoms with E-state index in [1.165, 1.54) is 0 Å². The van der Waals surface area contributed by atoms with Gasteiger partial charge in [0.15, 0.2) is 11.6 Å². The minimum atomic E-state index is 0.350. The third-order valence-corrected chi connectivity index (χ3v) is 1.38. The fourth-order valence-corrected chi connectivity index (χ4v) is 0.795. The molecule has 0 aromatic carbocycles. The van der Waals surface area contributed by atoms with Crippen molar-refractivity contribution in [2.75, 3.05) is 12.3 Å². The first-order valence-electron chi connectivity index (χ1n) is 3.67. The molecule has 4 nitrogen and oxygen atoms in total. The average Bonchev–Trinajstić information content (AvgIpc) is 2.43. The van der Waals surface area contributed by atoms with E-state index >= 15 is 0 Å². The van der Waals surface area contributed by atoms with Crippen molar-refractivity contribution in [3.8, 4) is 0 Å². The predicted molar refractivity (Wildman–Crippen MR) is 49.1 cm³/mol. The molecule has 1 rings (SSSR count). The summed E-state index contributed by atoms with van der Waals surface area (Å²) in [6.45, 7) is 6.23. The monoisotopic (exact) mass is 165 g/mol. The first-order chi connectivity index (χ1) is 5.79. The minimum absolute atomic E-state index is 0.350. The molecule has 0 amide bonds. The fraction of sp³-hybridized carbons (Fsp3) is 0.250. The number of anilines is 1. The van der Waals surface area contributed by atoms with E-state index in [0.29, 0.717) is 23.7 Å². The predicted octanol–water partition coefficient (Wildman–Crippen LogP) is 1.34. The van der Waals surface area contributed by atoms with Crippen molar-refractivity contribution in [2.24, 2.45) is 4.99 Å². The number of aromatic nitrogens is 1. The van der Waals surface area contributed by atoms with Crippen molar-refractivity contribution in [2.45, 2.75) is 6.92 Å². The molecule has 0 saturated carbocycles. The molecule has 0 atom stereocenters. The molecule has 1 heterocycles. The first-order valence-corrected chi connectivity index (χ1v) is 3.67. The van der Waals surface area contributed by atoms with Gasteiger partial charge < -0.3 is 10.3 Å². The smallest absolute Gasteiger partial charge is 0.186 e. The molecule has 2 N–H and O–H groups in total. The van der Waals surface area contributed by atoms with Crippen LogP contribution in [0.15, 0.2) is 16.1 Å². The lowest BCUT2D eigenvalue weighted by Gasteiger charge is -1.86. The van der Waals surface area contributed by atoms with E-state index < -0.39 is 0 Å². The maximum absolute atomic E-state index is 5.49. The van der Waals surface area contributed by atoms with Gasteiger partial charge in [0.1, 0.15) is 0 Å². The third kappa shape index (κ3) is 1.53. The van der Waals surface area contributed by atoms with Crippen LogP contribution in [0.4, 0.5) is 5.82 Å². The van der Waals surface area contributed by atoms with E-state index in [1.807, 2.05) is 6.92 Å². The second-order valence-corrected chi connectivity index (χ2v) is 2.18. The van der Waals surface area contributed by atoms with Crippen LogP contribution < -0.4 is 5.73 Å². The summed E-state index contributed by atoms with van der Waals surface area (Å²) in [6.07, 6.45) is 3.20. The van der Waals surface area contributed by atoms with Crippen LogP contribution in [0.2, 0.25) is 0 Å². The first kappa shape index (κ1) is 8.52. The molecule has 0 aliphatic rings. The highest BCUT2D eigenvalue weighted by Crippen LogP contribution is 2.15. The molecular formula is C8H11N3O. The van der Waals surface area contributed by atoms with Crippen LogP contribution in [0, 0.1) is 0 Å². The number of aliphatic imine (C=N–C) groups is 1. The zero-order valence-corrected chi connectivity index (χ0v) is 6.95. The quantitative estimate of drug-likeness (QED) is 0.687. The summed E-state index contributed by atoms with van der Waals surface area (Å²) < 4.78 is 4.89. The summed E-state index contributed by atoms with van der Waals surface area (Å²) >= 11 is 0. The second kappa shape index (κ2) is 3.71. The molecule has 0 aliphatic heterocycles. The van der Waals surface area contributed by atoms with Gasteiger partial charge in [-0.2, -0.15) is 0 Å². The minimum Gasteiger partial charge on any atom is -0.380 e. The van der Waals surface area contributed by atoms with Crippen molar-refractivity contribution < 1.29 is 4.52 Å². The van der Waals surface area contributed by atoms with E-state index in [0.717, 1.165) is 0 Å². The molecule has 0 radical (unpaired) electrons. The van der Waals surface area contributed by atoms with Gasteiger partial charge in [0.05, 0.1) is 11.8 Å². The van der Waals surface area contributed by atoms with Crippen LogP contribution in [-0.2, 0) is 0 Å². The summed E-state index contributed by atoms with van der Waals surface area (Å²) in [7, 11) is 0. The summed E-state index contributed by atoms with van der Waals surface area (Å²) in [6, 6.07) is 0. The lowest BCUT2D eigenvalue weighted by atomic mass is 10.2. The zero-order valence-electron chi connectivity index (χ0n) is 6.95. The molecule has 0 aliphatic carbocycles. The zero-order chi connectivity index (χ0) is 8.97. The molecule has 0 bridgehead atoms. The summed E-state index contributed by atoms with van der Waals surface area (Å²) in [5, 5.41) is 3.58. The Bertz CT molecular complexity index is 301. The number of nitrogens with zero attached hydrogens (tertiary/aromatic N) is 2. The Morgan fingerprint density at radius 2 is 2.50 bits per heavy atom. The Hall–Kier alpha value is -1.58. The molecular weight excluding hydrogens is 154 g/mol. The van der Waals surface area contributed by atoms with E-state index in [9.17, 15) is 0 Å². The number of hydrogen-bond donors (Lipinski definition) is 1. The fourth-order valence-electron chi connectivity index (χ4n) is 0.795. The summed E-state index contributed by atoms with van der Waals surface area (Å²) in [5.74, 6) is 0.909. The second-order valence-electron chi connectivity index (χ2n) is 2.18. The third-order valence-electron chi connectivity index (χ3n) is 1.38. The van der Waals surface area contributed by atoms with Gasteiger partial charge in [-0.25, -0.2) is 0 Å². The highest BCUT2D eigenvalue weighted by atomic mass is 16.5. The van der Waals surface area contributed by atoms with Gasteiger partial charge in [-0.15, -0.1) is 0 Å². The lowest BCUT2D eigenvalue weighted by Crippen LogP contribution is -1.88. The molecule has 4 heteroatoms. The van der Waals surface area contributed by atoms with Gasteiger partial charge in [0.2, 0.25) is 0 Å². The van der Waals surface area contributed by atoms with Crippen LogP contribution in [0.25, 0.3) is 6.08 Å². The SMILES string of the molecule is C=Cc1c(N)noc1C=NCC. The number of rotatable bonds is 3. The Balaban J connectivity index is 2.99. The maximum atomic E-state index is 5.49. The van der Waals surface area contributed by atoms with E-state index in [-0.39, 0.29) is 0 Å². The molecule has 0 saturated heterocycles. The Morgan fingerprint density at radius 3 is 3.08 bits per heavy atom. The van der Waals surface area contributed by atoms with Crippen molar-refractivity contribution in [1.29, 1.82) is 0 Å². The molecule has 1 aromatic rings. The van der Waals surface area contributed by atoms with Gasteiger partial charge >= 0.3 is 0 Å². The van der Waals surface area contributed by atoms with Crippen LogP contribution in [0.5, 0.6) is 0 Å². The van der Waals surface area contributed by atoms with Crippen molar-refractivity contribution in [3.63, 3.8) is 0 Å². The number of hydrogen-bond acceptors (Lipinski definition) is 4. The van der Waals surface area contributed by atoms with Crippen LogP contribution >= 0.6 is 0 Å². The van der Waals surface area contributed by atoms with Gasteiger partial charge in [-0.1, -0.05) is 17.8 Å². The van der Waals surface area contributed by atoms with E-state index in [1.54, 1.807) is 12.3 Å². The normalized spacial score (nSPS) is 10.8. The van der Waals surface area contributed by atoms with Crippen molar-refractivity contribution in [3.05, 3.63) is 17.9 Å². The Kier molecular flexibility index (Phi) is 2.63. The van der Waals surface area contributed by atoms with Crippen LogP contribution in [-0.4, -0.2) is 17.9 Å². The Labute approximate surface area is 70.8 Å². The molecule has 12 heavy (non-hydrogen) atoms. The van der Waals surface area contributed by atoms with E-state index in [2.05, 4.69) is 16.7 Å². The van der Waals surface area contributed by atoms with Crippen LogP contribution in [0.1, 0.15) is 18.2 Å². The molecule has 0 fully saturated rings. The average molecular weight is 165 g/mol. The number of nitrogen functional groups attached to an aromatic ring is 1. The highest BCUT2D eigenvalue weighted by Gasteiger charge is 2.06. The standard InChI is InChI=1S/C8H11N3O/c1-3-6-7(5-10-4-2)12-11-8(6)9/h3,5H,1,4H2,2H3,(H2,9,11). The maximum Gasteiger partial charge on any atom is 0.186 e. The topological polar surface area (TPSA) is 64.4 Å².